The first-order chi connectivity index (χ1) is 5.70. The van der Waals surface area contributed by atoms with E-state index in [-0.39, 0.29) is 5.75 Å². The van der Waals surface area contributed by atoms with E-state index in [9.17, 15) is 5.11 Å². The minimum Gasteiger partial charge on any atom is -0.507 e. The van der Waals surface area contributed by atoms with Gasteiger partial charge in [-0.05, 0) is 34.0 Å². The first-order valence-corrected chi connectivity index (χ1v) is 5.30. The molecule has 0 atom stereocenters. The molecule has 0 fully saturated rings. The molecule has 4 heteroatoms. The molecular formula is C8H6INOS. The van der Waals surface area contributed by atoms with Crippen molar-refractivity contribution in [1.82, 2.24) is 0 Å². The van der Waals surface area contributed by atoms with Crippen molar-refractivity contribution < 1.29 is 5.11 Å². The number of fused-ring (bicyclic) bond motifs is 1. The molecule has 0 saturated carbocycles. The SMILES string of the molecule is Nc1cc(O)c(I)c2ccsc12. The smallest absolute Gasteiger partial charge is 0.131 e. The second-order valence-corrected chi connectivity index (χ2v) is 4.46. The number of halogens is 1. The number of benzene rings is 1. The van der Waals surface area contributed by atoms with Gasteiger partial charge >= 0.3 is 0 Å². The lowest BCUT2D eigenvalue weighted by Crippen LogP contribution is -1.85. The number of aromatic hydroxyl groups is 1. The van der Waals surface area contributed by atoms with Crippen LogP contribution in [0.5, 0.6) is 5.75 Å². The molecule has 0 radical (unpaired) electrons. The maximum absolute atomic E-state index is 9.43. The van der Waals surface area contributed by atoms with Gasteiger partial charge in [-0.3, -0.25) is 0 Å². The molecular weight excluding hydrogens is 285 g/mol. The van der Waals surface area contributed by atoms with Crippen molar-refractivity contribution in [2.45, 2.75) is 0 Å². The number of nitrogens with two attached hydrogens (primary N) is 1. The highest BCUT2D eigenvalue weighted by molar-refractivity contribution is 14.1. The maximum Gasteiger partial charge on any atom is 0.131 e. The van der Waals surface area contributed by atoms with Crippen LogP contribution in [0, 0.1) is 3.57 Å². The van der Waals surface area contributed by atoms with Gasteiger partial charge in [0.05, 0.1) is 14.0 Å². The second kappa shape index (κ2) is 2.77. The minimum atomic E-state index is 0.263. The average molecular weight is 291 g/mol. The lowest BCUT2D eigenvalue weighted by atomic mass is 10.2. The maximum atomic E-state index is 9.43. The van der Waals surface area contributed by atoms with Crippen LogP contribution in [0.25, 0.3) is 10.1 Å². The normalized spacial score (nSPS) is 10.8. The van der Waals surface area contributed by atoms with Gasteiger partial charge in [0, 0.05) is 11.5 Å². The van der Waals surface area contributed by atoms with E-state index in [1.165, 1.54) is 0 Å². The van der Waals surface area contributed by atoms with Gasteiger partial charge in [0.15, 0.2) is 0 Å². The van der Waals surface area contributed by atoms with Gasteiger partial charge in [0.25, 0.3) is 0 Å². The number of hydrogen-bond donors (Lipinski definition) is 2. The van der Waals surface area contributed by atoms with Gasteiger partial charge in [-0.1, -0.05) is 0 Å². The van der Waals surface area contributed by atoms with Crippen molar-refractivity contribution in [1.29, 1.82) is 0 Å². The molecule has 2 aromatic rings. The molecule has 0 bridgehead atoms. The number of phenols is 1. The van der Waals surface area contributed by atoms with Crippen LogP contribution in [-0.4, -0.2) is 5.11 Å². The molecule has 0 aliphatic heterocycles. The van der Waals surface area contributed by atoms with Crippen molar-refractivity contribution in [3.8, 4) is 5.75 Å². The summed E-state index contributed by atoms with van der Waals surface area (Å²) in [5, 5.41) is 12.4. The Morgan fingerprint density at radius 1 is 1.50 bits per heavy atom. The molecule has 3 N–H and O–H groups in total. The van der Waals surface area contributed by atoms with E-state index in [0.29, 0.717) is 5.69 Å². The first kappa shape index (κ1) is 8.12. The number of anilines is 1. The summed E-state index contributed by atoms with van der Waals surface area (Å²) in [6.07, 6.45) is 0. The van der Waals surface area contributed by atoms with E-state index in [2.05, 4.69) is 22.6 Å². The highest BCUT2D eigenvalue weighted by atomic mass is 127. The largest absolute Gasteiger partial charge is 0.507 e. The van der Waals surface area contributed by atoms with Gasteiger partial charge in [-0.2, -0.15) is 0 Å². The van der Waals surface area contributed by atoms with Crippen LogP contribution >= 0.6 is 33.9 Å². The summed E-state index contributed by atoms with van der Waals surface area (Å²) in [4.78, 5) is 0. The number of thiophene rings is 1. The van der Waals surface area contributed by atoms with E-state index in [0.717, 1.165) is 13.7 Å². The number of phenolic OH excluding ortho intramolecular Hbond substituents is 1. The van der Waals surface area contributed by atoms with Crippen LogP contribution in [0.15, 0.2) is 17.5 Å². The Balaban J connectivity index is 2.97. The van der Waals surface area contributed by atoms with Crippen LogP contribution in [0.3, 0.4) is 0 Å². The monoisotopic (exact) mass is 291 g/mol. The molecule has 12 heavy (non-hydrogen) atoms. The molecule has 0 unspecified atom stereocenters. The highest BCUT2D eigenvalue weighted by Crippen LogP contribution is 2.36. The third kappa shape index (κ3) is 1.06. The lowest BCUT2D eigenvalue weighted by Gasteiger charge is -2.01. The Morgan fingerprint density at radius 3 is 3.00 bits per heavy atom. The Morgan fingerprint density at radius 2 is 2.25 bits per heavy atom. The van der Waals surface area contributed by atoms with E-state index in [1.54, 1.807) is 17.4 Å². The third-order valence-electron chi connectivity index (χ3n) is 1.68. The number of rotatable bonds is 0. The van der Waals surface area contributed by atoms with Crippen molar-refractivity contribution in [3.05, 3.63) is 21.1 Å². The zero-order chi connectivity index (χ0) is 8.72. The number of nitrogen functional groups attached to an aromatic ring is 1. The van der Waals surface area contributed by atoms with Crippen molar-refractivity contribution >= 4 is 49.7 Å². The highest BCUT2D eigenvalue weighted by Gasteiger charge is 2.07. The van der Waals surface area contributed by atoms with Crippen LogP contribution in [0.4, 0.5) is 5.69 Å². The van der Waals surface area contributed by atoms with Crippen molar-refractivity contribution in [3.63, 3.8) is 0 Å². The van der Waals surface area contributed by atoms with E-state index in [1.807, 2.05) is 11.4 Å². The fourth-order valence-electron chi connectivity index (χ4n) is 1.12. The summed E-state index contributed by atoms with van der Waals surface area (Å²) >= 11 is 3.71. The van der Waals surface area contributed by atoms with Crippen molar-refractivity contribution in [2.24, 2.45) is 0 Å². The van der Waals surface area contributed by atoms with Crippen LogP contribution in [0.1, 0.15) is 0 Å². The summed E-state index contributed by atoms with van der Waals surface area (Å²) < 4.78 is 1.93. The predicted octanol–water partition coefficient (Wildman–Crippen LogP) is 2.79. The van der Waals surface area contributed by atoms with Crippen LogP contribution < -0.4 is 5.73 Å². The van der Waals surface area contributed by atoms with E-state index >= 15 is 0 Å². The molecule has 1 aromatic heterocycles. The van der Waals surface area contributed by atoms with Crippen LogP contribution in [0.2, 0.25) is 0 Å². The van der Waals surface area contributed by atoms with E-state index in [4.69, 9.17) is 5.73 Å². The molecule has 1 aromatic carbocycles. The average Bonchev–Trinajstić information content (AvgIpc) is 2.48. The lowest BCUT2D eigenvalue weighted by molar-refractivity contribution is 0.473. The molecule has 2 nitrogen and oxygen atoms in total. The zero-order valence-corrected chi connectivity index (χ0v) is 9.02. The molecule has 1 heterocycles. The summed E-state index contributed by atoms with van der Waals surface area (Å²) in [6, 6.07) is 3.57. The molecule has 2 rings (SSSR count). The van der Waals surface area contributed by atoms with Crippen molar-refractivity contribution in [2.75, 3.05) is 5.73 Å². The van der Waals surface area contributed by atoms with E-state index < -0.39 is 0 Å². The van der Waals surface area contributed by atoms with Gasteiger partial charge in [-0.15, -0.1) is 11.3 Å². The Hall–Kier alpha value is -0.490. The number of hydrogen-bond acceptors (Lipinski definition) is 3. The molecule has 0 aliphatic rings. The Labute approximate surface area is 87.1 Å². The quantitative estimate of drug-likeness (QED) is 0.579. The summed E-state index contributed by atoms with van der Waals surface area (Å²) in [6.45, 7) is 0. The molecule has 0 aliphatic carbocycles. The Bertz CT molecular complexity index is 438. The molecule has 62 valence electrons. The molecule has 0 amide bonds. The molecule has 0 spiro atoms. The Kier molecular flexibility index (Phi) is 1.88. The standard InChI is InChI=1S/C8H6INOS/c9-7-4-1-2-12-8(4)5(10)3-6(7)11/h1-3,11H,10H2. The van der Waals surface area contributed by atoms with Crippen LogP contribution in [-0.2, 0) is 0 Å². The van der Waals surface area contributed by atoms with Gasteiger partial charge < -0.3 is 10.8 Å². The predicted molar refractivity (Wildman–Crippen MR) is 60.6 cm³/mol. The fraction of sp³-hybridized carbons (Fsp3) is 0. The fourth-order valence-corrected chi connectivity index (χ4v) is 2.74. The summed E-state index contributed by atoms with van der Waals surface area (Å²) in [7, 11) is 0. The van der Waals surface area contributed by atoms with Gasteiger partial charge in [0.2, 0.25) is 0 Å². The third-order valence-corrected chi connectivity index (χ3v) is 3.78. The van der Waals surface area contributed by atoms with Gasteiger partial charge in [-0.25, -0.2) is 0 Å². The molecule has 0 saturated heterocycles. The summed E-state index contributed by atoms with van der Waals surface area (Å²) in [5.74, 6) is 0.263. The zero-order valence-electron chi connectivity index (χ0n) is 6.04. The van der Waals surface area contributed by atoms with Gasteiger partial charge in [0.1, 0.15) is 5.75 Å². The summed E-state index contributed by atoms with van der Waals surface area (Å²) in [5.41, 5.74) is 6.37. The topological polar surface area (TPSA) is 46.2 Å². The first-order valence-electron chi connectivity index (χ1n) is 3.34. The second-order valence-electron chi connectivity index (χ2n) is 2.46. The minimum absolute atomic E-state index is 0.263.